The van der Waals surface area contributed by atoms with Crippen LogP contribution in [-0.2, 0) is 9.53 Å². The predicted octanol–water partition coefficient (Wildman–Crippen LogP) is 1.80. The Kier molecular flexibility index (Phi) is 4.99. The average molecular weight is 143 g/mol. The molecule has 2 heteroatoms. The van der Waals surface area contributed by atoms with Gasteiger partial charge in [-0.25, -0.2) is 0 Å². The maximum Gasteiger partial charge on any atom is 0.305 e. The van der Waals surface area contributed by atoms with Gasteiger partial charge < -0.3 is 4.74 Å². The monoisotopic (exact) mass is 143 g/mol. The Bertz CT molecular complexity index is 97.4. The summed E-state index contributed by atoms with van der Waals surface area (Å²) in [5, 5.41) is 0. The molecule has 0 heterocycles. The van der Waals surface area contributed by atoms with Crippen LogP contribution in [0.5, 0.6) is 0 Å². The Morgan fingerprint density at radius 3 is 2.60 bits per heavy atom. The van der Waals surface area contributed by atoms with E-state index in [1.807, 2.05) is 0 Å². The van der Waals surface area contributed by atoms with Crippen molar-refractivity contribution < 1.29 is 9.53 Å². The normalized spacial score (nSPS) is 10.0. The first-order valence-corrected chi connectivity index (χ1v) is 3.61. The standard InChI is InChI=1S/C8H15O2/c1-4-8(9)10-6-5-7(2)3/h7H,1,4-6H2,2-3H3. The number of rotatable bonds is 4. The van der Waals surface area contributed by atoms with Gasteiger partial charge in [0.15, 0.2) is 0 Å². The third-order valence-electron chi connectivity index (χ3n) is 1.16. The minimum Gasteiger partial charge on any atom is -0.466 e. The van der Waals surface area contributed by atoms with Crippen LogP contribution in [0.3, 0.4) is 0 Å². The first-order valence-electron chi connectivity index (χ1n) is 3.61. The molecule has 0 aliphatic heterocycles. The molecule has 1 radical (unpaired) electrons. The lowest BCUT2D eigenvalue weighted by molar-refractivity contribution is -0.142. The van der Waals surface area contributed by atoms with Crippen molar-refractivity contribution in [2.45, 2.75) is 26.7 Å². The van der Waals surface area contributed by atoms with Crippen molar-refractivity contribution in [1.29, 1.82) is 0 Å². The van der Waals surface area contributed by atoms with Crippen LogP contribution in [-0.4, -0.2) is 12.6 Å². The van der Waals surface area contributed by atoms with E-state index < -0.39 is 0 Å². The summed E-state index contributed by atoms with van der Waals surface area (Å²) in [4.78, 5) is 10.5. The molecule has 0 saturated carbocycles. The van der Waals surface area contributed by atoms with Crippen LogP contribution in [0, 0.1) is 12.8 Å². The fraction of sp³-hybridized carbons (Fsp3) is 0.750. The number of carbonyl (C=O) groups is 1. The maximum absolute atomic E-state index is 10.5. The molecule has 0 unspecified atom stereocenters. The molecule has 0 atom stereocenters. The van der Waals surface area contributed by atoms with E-state index in [0.29, 0.717) is 12.5 Å². The summed E-state index contributed by atoms with van der Waals surface area (Å²) in [6.07, 6.45) is 1.17. The van der Waals surface area contributed by atoms with Crippen LogP contribution >= 0.6 is 0 Å². The molecule has 59 valence electrons. The van der Waals surface area contributed by atoms with Crippen molar-refractivity contribution in [2.24, 2.45) is 5.92 Å². The zero-order valence-electron chi connectivity index (χ0n) is 6.72. The molecule has 0 aromatic rings. The second-order valence-corrected chi connectivity index (χ2v) is 2.65. The van der Waals surface area contributed by atoms with E-state index in [0.717, 1.165) is 6.42 Å². The van der Waals surface area contributed by atoms with Gasteiger partial charge in [-0.1, -0.05) is 13.8 Å². The van der Waals surface area contributed by atoms with E-state index in [4.69, 9.17) is 4.74 Å². The average Bonchev–Trinajstić information content (AvgIpc) is 1.87. The van der Waals surface area contributed by atoms with Gasteiger partial charge in [0.25, 0.3) is 0 Å². The minimum absolute atomic E-state index is 0.208. The molecule has 10 heavy (non-hydrogen) atoms. The summed E-state index contributed by atoms with van der Waals surface area (Å²) in [7, 11) is 0. The maximum atomic E-state index is 10.5. The molecule has 0 N–H and O–H groups in total. The van der Waals surface area contributed by atoms with E-state index in [1.165, 1.54) is 0 Å². The van der Waals surface area contributed by atoms with Crippen LogP contribution < -0.4 is 0 Å². The van der Waals surface area contributed by atoms with Crippen molar-refractivity contribution in [3.05, 3.63) is 6.92 Å². The summed E-state index contributed by atoms with van der Waals surface area (Å²) < 4.78 is 4.80. The van der Waals surface area contributed by atoms with E-state index in [2.05, 4.69) is 20.8 Å². The Labute approximate surface area is 62.6 Å². The van der Waals surface area contributed by atoms with Gasteiger partial charge in [0, 0.05) is 6.42 Å². The summed E-state index contributed by atoms with van der Waals surface area (Å²) >= 11 is 0. The quantitative estimate of drug-likeness (QED) is 0.561. The number of hydrogen-bond acceptors (Lipinski definition) is 2. The molecule has 0 aromatic heterocycles. The molecular formula is C8H15O2. The fourth-order valence-corrected chi connectivity index (χ4v) is 0.481. The number of hydrogen-bond donors (Lipinski definition) is 0. The summed E-state index contributed by atoms with van der Waals surface area (Å²) in [5.74, 6) is 0.387. The van der Waals surface area contributed by atoms with Crippen molar-refractivity contribution in [3.63, 3.8) is 0 Å². The molecule has 0 aliphatic carbocycles. The molecule has 0 amide bonds. The van der Waals surface area contributed by atoms with Gasteiger partial charge in [-0.15, -0.1) is 0 Å². The van der Waals surface area contributed by atoms with Crippen molar-refractivity contribution in [1.82, 2.24) is 0 Å². The highest BCUT2D eigenvalue weighted by molar-refractivity contribution is 5.69. The molecule has 0 fully saturated rings. The third-order valence-corrected chi connectivity index (χ3v) is 1.16. The second kappa shape index (κ2) is 5.27. The van der Waals surface area contributed by atoms with Crippen LogP contribution in [0.1, 0.15) is 26.7 Å². The Morgan fingerprint density at radius 1 is 1.60 bits per heavy atom. The first kappa shape index (κ1) is 9.47. The zero-order chi connectivity index (χ0) is 7.98. The van der Waals surface area contributed by atoms with Crippen LogP contribution in [0.4, 0.5) is 0 Å². The van der Waals surface area contributed by atoms with E-state index >= 15 is 0 Å². The molecule has 0 rings (SSSR count). The number of esters is 1. The second-order valence-electron chi connectivity index (χ2n) is 2.65. The molecule has 0 aliphatic rings. The highest BCUT2D eigenvalue weighted by Crippen LogP contribution is 1.99. The minimum atomic E-state index is -0.208. The third kappa shape index (κ3) is 5.60. The van der Waals surface area contributed by atoms with Gasteiger partial charge in [0.05, 0.1) is 6.61 Å². The zero-order valence-corrected chi connectivity index (χ0v) is 6.72. The smallest absolute Gasteiger partial charge is 0.305 e. The molecular weight excluding hydrogens is 128 g/mol. The predicted molar refractivity (Wildman–Crippen MR) is 40.4 cm³/mol. The van der Waals surface area contributed by atoms with Gasteiger partial charge in [0.2, 0.25) is 0 Å². The first-order chi connectivity index (χ1) is 4.66. The van der Waals surface area contributed by atoms with Crippen LogP contribution in [0.25, 0.3) is 0 Å². The van der Waals surface area contributed by atoms with Crippen molar-refractivity contribution in [2.75, 3.05) is 6.61 Å². The highest BCUT2D eigenvalue weighted by atomic mass is 16.5. The van der Waals surface area contributed by atoms with Gasteiger partial charge in [-0.05, 0) is 19.3 Å². The lowest BCUT2D eigenvalue weighted by atomic mass is 10.1. The van der Waals surface area contributed by atoms with Crippen molar-refractivity contribution >= 4 is 5.97 Å². The highest BCUT2D eigenvalue weighted by Gasteiger charge is 1.98. The Hall–Kier alpha value is -0.530. The molecule has 0 saturated heterocycles. The topological polar surface area (TPSA) is 26.3 Å². The SMILES string of the molecule is [CH2]CC(=O)OCCC(C)C. The summed E-state index contributed by atoms with van der Waals surface area (Å²) in [6, 6.07) is 0. The molecule has 0 aromatic carbocycles. The Balaban J connectivity index is 3.12. The fourth-order valence-electron chi connectivity index (χ4n) is 0.481. The van der Waals surface area contributed by atoms with E-state index in [-0.39, 0.29) is 12.4 Å². The molecule has 0 bridgehead atoms. The van der Waals surface area contributed by atoms with Gasteiger partial charge in [-0.2, -0.15) is 0 Å². The lowest BCUT2D eigenvalue weighted by Gasteiger charge is -2.04. The van der Waals surface area contributed by atoms with Crippen molar-refractivity contribution in [3.8, 4) is 0 Å². The van der Waals surface area contributed by atoms with Crippen LogP contribution in [0.15, 0.2) is 0 Å². The molecule has 0 spiro atoms. The van der Waals surface area contributed by atoms with Gasteiger partial charge in [-0.3, -0.25) is 4.79 Å². The van der Waals surface area contributed by atoms with E-state index in [9.17, 15) is 4.79 Å². The molecule has 2 nitrogen and oxygen atoms in total. The lowest BCUT2D eigenvalue weighted by Crippen LogP contribution is -2.05. The summed E-state index contributed by atoms with van der Waals surface area (Å²) in [5.41, 5.74) is 0. The van der Waals surface area contributed by atoms with Gasteiger partial charge >= 0.3 is 5.97 Å². The number of carbonyl (C=O) groups excluding carboxylic acids is 1. The Morgan fingerprint density at radius 2 is 2.20 bits per heavy atom. The summed E-state index contributed by atoms with van der Waals surface area (Å²) in [6.45, 7) is 8.13. The number of ether oxygens (including phenoxy) is 1. The largest absolute Gasteiger partial charge is 0.466 e. The van der Waals surface area contributed by atoms with Crippen LogP contribution in [0.2, 0.25) is 0 Å². The van der Waals surface area contributed by atoms with Gasteiger partial charge in [0.1, 0.15) is 0 Å². The van der Waals surface area contributed by atoms with E-state index in [1.54, 1.807) is 0 Å².